The van der Waals surface area contributed by atoms with E-state index in [0.29, 0.717) is 45.0 Å². The Morgan fingerprint density at radius 2 is 0.604 bits per heavy atom. The number of para-hydroxylation sites is 6. The first-order valence-corrected chi connectivity index (χ1v) is 36.9. The fraction of sp³-hybridized carbons (Fsp3) is 0. The number of furan rings is 2. The van der Waals surface area contributed by atoms with E-state index in [1.165, 1.54) is 0 Å². The molecule has 23 rings (SSSR count). The Morgan fingerprint density at radius 1 is 0.216 bits per heavy atom. The zero-order chi connectivity index (χ0) is 73.4. The summed E-state index contributed by atoms with van der Waals surface area (Å²) in [5.74, 6) is 0. The lowest BCUT2D eigenvalue weighted by atomic mass is 9.97. The largest absolute Gasteiger partial charge is 0.455 e. The standard InChI is InChI=1S/C100H53N9O2/c101-54-64-38-44-87(106-83-33-13-7-28-75(83)95-89(106)46-39-71-70-26-9-15-35-93(70)110-98(71)95)79(57-104)97(64)109-85-42-36-62(58-18-2-1-3-19-58)50-77(85)78-51-63(37-43-86(78)109)60-21-16-20-59(48-60)61-22-17-23-67(49-61)105-82-32-12-6-27-74(82)94-88(105)45-40-72-73-41-47-90-96(100(73)111-99(72)94)76-29-8-14-34-84(76)108(90)92-53-65(55-102)91(52-66(92)56-103)107-80-30-10-4-24-68(80)69-25-5-11-31-81(69)107/h1-53H. The van der Waals surface area contributed by atoms with Crippen LogP contribution in [0.4, 0.5) is 0 Å². The van der Waals surface area contributed by atoms with Crippen LogP contribution in [-0.4, -0.2) is 22.8 Å². The van der Waals surface area contributed by atoms with Crippen molar-refractivity contribution in [2.45, 2.75) is 0 Å². The third-order valence-corrected chi connectivity index (χ3v) is 23.0. The highest BCUT2D eigenvalue weighted by molar-refractivity contribution is 6.30. The Hall–Kier alpha value is -15.9. The van der Waals surface area contributed by atoms with Gasteiger partial charge in [-0.25, -0.2) is 0 Å². The molecular formula is C100H53N9O2. The molecule has 0 spiro atoms. The fourth-order valence-electron chi connectivity index (χ4n) is 18.3. The molecule has 0 bridgehead atoms. The summed E-state index contributed by atoms with van der Waals surface area (Å²) in [7, 11) is 0. The molecule has 7 aromatic heterocycles. The number of benzene rings is 16. The number of nitrogens with zero attached hydrogens (tertiary/aromatic N) is 9. The molecule has 11 heteroatoms. The van der Waals surface area contributed by atoms with Crippen LogP contribution in [0.1, 0.15) is 22.3 Å². The summed E-state index contributed by atoms with van der Waals surface area (Å²) in [6.45, 7) is 0. The molecule has 0 aliphatic rings. The number of aromatic nitrogens is 5. The van der Waals surface area contributed by atoms with E-state index in [4.69, 9.17) is 8.83 Å². The lowest BCUT2D eigenvalue weighted by Gasteiger charge is -2.17. The normalized spacial score (nSPS) is 11.9. The summed E-state index contributed by atoms with van der Waals surface area (Å²) in [5, 5.41) is 59.2. The Bertz CT molecular complexity index is 8230. The van der Waals surface area contributed by atoms with Gasteiger partial charge in [-0.2, -0.15) is 21.0 Å². The van der Waals surface area contributed by atoms with Crippen molar-refractivity contribution in [1.82, 2.24) is 22.8 Å². The monoisotopic (exact) mass is 1410 g/mol. The average Bonchev–Trinajstić information content (AvgIpc) is 1.54. The Morgan fingerprint density at radius 3 is 1.14 bits per heavy atom. The Labute approximate surface area is 631 Å². The van der Waals surface area contributed by atoms with E-state index in [0.717, 1.165) is 192 Å². The van der Waals surface area contributed by atoms with Gasteiger partial charge in [0.2, 0.25) is 0 Å². The van der Waals surface area contributed by atoms with Gasteiger partial charge in [0.25, 0.3) is 0 Å². The highest BCUT2D eigenvalue weighted by Crippen LogP contribution is 2.49. The lowest BCUT2D eigenvalue weighted by Crippen LogP contribution is -2.06. The first-order chi connectivity index (χ1) is 54.9. The molecule has 23 aromatic rings. The molecule has 510 valence electrons. The quantitative estimate of drug-likeness (QED) is 0.148. The fourth-order valence-corrected chi connectivity index (χ4v) is 18.3. The van der Waals surface area contributed by atoms with Crippen molar-refractivity contribution >= 4 is 153 Å². The first kappa shape index (κ1) is 61.4. The van der Waals surface area contributed by atoms with Crippen LogP contribution in [0.3, 0.4) is 0 Å². The second-order valence-electron chi connectivity index (χ2n) is 28.6. The molecule has 0 saturated carbocycles. The van der Waals surface area contributed by atoms with Gasteiger partial charge in [0.15, 0.2) is 0 Å². The zero-order valence-corrected chi connectivity index (χ0v) is 58.9. The number of fused-ring (bicyclic) bond motifs is 24. The van der Waals surface area contributed by atoms with Crippen molar-refractivity contribution in [3.05, 3.63) is 344 Å². The number of hydrogen-bond donors (Lipinski definition) is 0. The molecule has 0 N–H and O–H groups in total. The van der Waals surface area contributed by atoms with Gasteiger partial charge in [0.1, 0.15) is 52.2 Å². The third kappa shape index (κ3) is 8.63. The molecule has 0 unspecified atom stereocenters. The number of rotatable bonds is 8. The topological polar surface area (TPSA) is 146 Å². The van der Waals surface area contributed by atoms with E-state index in [1.807, 2.05) is 97.1 Å². The van der Waals surface area contributed by atoms with Crippen molar-refractivity contribution < 1.29 is 8.83 Å². The summed E-state index contributed by atoms with van der Waals surface area (Å²) >= 11 is 0. The molecular weight excluding hydrogens is 1360 g/mol. The van der Waals surface area contributed by atoms with Crippen LogP contribution in [-0.2, 0) is 0 Å². The Kier molecular flexibility index (Phi) is 12.9. The van der Waals surface area contributed by atoms with Gasteiger partial charge in [-0.1, -0.05) is 182 Å². The molecule has 11 nitrogen and oxygen atoms in total. The van der Waals surface area contributed by atoms with Gasteiger partial charge in [-0.15, -0.1) is 0 Å². The highest BCUT2D eigenvalue weighted by Gasteiger charge is 2.29. The second-order valence-corrected chi connectivity index (χ2v) is 28.6. The van der Waals surface area contributed by atoms with Gasteiger partial charge in [0.05, 0.1) is 111 Å². The molecule has 0 fully saturated rings. The van der Waals surface area contributed by atoms with E-state index < -0.39 is 0 Å². The van der Waals surface area contributed by atoms with Crippen LogP contribution >= 0.6 is 0 Å². The van der Waals surface area contributed by atoms with Crippen molar-refractivity contribution in [2.75, 3.05) is 0 Å². The summed E-state index contributed by atoms with van der Waals surface area (Å²) < 4.78 is 24.9. The average molecular weight is 1410 g/mol. The SMILES string of the molecule is N#Cc1cc(-n2c3ccccc3c3c4oc5c(ccc6c5c5ccccc5n6-c5cccc(-c6cccc(-c7ccc8c(c7)c7cc(-c9ccccc9)ccc7n8-c7c(C#N)ccc(-n8c9ccccc9c9c%10oc%11ccccc%11c%10ccc98)c7C#N)c6)c5)c4ccc32)c(C#N)cc1-n1c2ccccc2c2ccccc21. The second kappa shape index (κ2) is 23.3. The van der Waals surface area contributed by atoms with Crippen LogP contribution in [0.25, 0.3) is 215 Å². The van der Waals surface area contributed by atoms with E-state index in [1.54, 1.807) is 0 Å². The predicted octanol–water partition coefficient (Wildman–Crippen LogP) is 25.5. The van der Waals surface area contributed by atoms with Gasteiger partial charge in [-0.05, 0) is 173 Å². The van der Waals surface area contributed by atoms with E-state index in [-0.39, 0.29) is 0 Å². The summed E-state index contributed by atoms with van der Waals surface area (Å²) in [6.07, 6.45) is 0. The van der Waals surface area contributed by atoms with E-state index in [2.05, 4.69) is 272 Å². The van der Waals surface area contributed by atoms with Crippen molar-refractivity contribution in [3.8, 4) is 86.1 Å². The molecule has 16 aromatic carbocycles. The van der Waals surface area contributed by atoms with E-state index >= 15 is 0 Å². The van der Waals surface area contributed by atoms with Crippen molar-refractivity contribution in [2.24, 2.45) is 0 Å². The molecule has 7 heterocycles. The molecule has 111 heavy (non-hydrogen) atoms. The van der Waals surface area contributed by atoms with Crippen molar-refractivity contribution in [3.63, 3.8) is 0 Å². The molecule has 0 aliphatic carbocycles. The summed E-state index contributed by atoms with van der Waals surface area (Å²) in [6, 6.07) is 121. The third-order valence-electron chi connectivity index (χ3n) is 23.0. The minimum absolute atomic E-state index is 0.363. The highest BCUT2D eigenvalue weighted by atomic mass is 16.3. The van der Waals surface area contributed by atoms with Crippen LogP contribution in [0.2, 0.25) is 0 Å². The lowest BCUT2D eigenvalue weighted by molar-refractivity contribution is 0.673. The smallest absolute Gasteiger partial charge is 0.145 e. The molecule has 0 radical (unpaired) electrons. The molecule has 0 saturated heterocycles. The van der Waals surface area contributed by atoms with Gasteiger partial charge < -0.3 is 31.7 Å². The minimum atomic E-state index is 0.363. The van der Waals surface area contributed by atoms with Crippen LogP contribution in [0.5, 0.6) is 0 Å². The van der Waals surface area contributed by atoms with Crippen LogP contribution in [0.15, 0.2) is 330 Å². The number of hydrogen-bond acceptors (Lipinski definition) is 6. The zero-order valence-electron chi connectivity index (χ0n) is 58.9. The maximum absolute atomic E-state index is 11.7. The van der Waals surface area contributed by atoms with Gasteiger partial charge in [0, 0.05) is 64.9 Å². The maximum atomic E-state index is 11.7. The van der Waals surface area contributed by atoms with Gasteiger partial charge in [-0.3, -0.25) is 0 Å². The van der Waals surface area contributed by atoms with Gasteiger partial charge >= 0.3 is 0 Å². The summed E-state index contributed by atoms with van der Waals surface area (Å²) in [5.41, 5.74) is 23.5. The maximum Gasteiger partial charge on any atom is 0.145 e. The summed E-state index contributed by atoms with van der Waals surface area (Å²) in [4.78, 5) is 0. The molecule has 0 atom stereocenters. The van der Waals surface area contributed by atoms with Crippen LogP contribution < -0.4 is 0 Å². The Balaban J connectivity index is 0.648. The van der Waals surface area contributed by atoms with E-state index in [9.17, 15) is 21.0 Å². The van der Waals surface area contributed by atoms with Crippen LogP contribution in [0, 0.1) is 45.3 Å². The molecule has 0 aliphatic heterocycles. The first-order valence-electron chi connectivity index (χ1n) is 36.9. The molecule has 0 amide bonds. The number of nitriles is 4. The predicted molar refractivity (Wildman–Crippen MR) is 448 cm³/mol. The minimum Gasteiger partial charge on any atom is -0.455 e. The van der Waals surface area contributed by atoms with Crippen molar-refractivity contribution in [1.29, 1.82) is 21.0 Å².